The van der Waals surface area contributed by atoms with Gasteiger partial charge in [-0.15, -0.1) is 5.06 Å². The molecule has 0 atom stereocenters. The molecule has 6 nitrogen and oxygen atoms in total. The topological polar surface area (TPSA) is 72.9 Å². The summed E-state index contributed by atoms with van der Waals surface area (Å²) in [5, 5.41) is 2.07. The number of hydrogen-bond donors (Lipinski definition) is 0. The maximum atomic E-state index is 12.5. The van der Waals surface area contributed by atoms with Crippen LogP contribution in [0, 0.1) is 0 Å². The Morgan fingerprint density at radius 1 is 1.09 bits per heavy atom. The van der Waals surface area contributed by atoms with Crippen molar-refractivity contribution in [2.45, 2.75) is 0 Å². The van der Waals surface area contributed by atoms with Gasteiger partial charge in [-0.3, -0.25) is 14.4 Å². The monoisotopic (exact) mass is 311 g/mol. The van der Waals surface area contributed by atoms with Crippen LogP contribution >= 0.6 is 0 Å². The zero-order valence-corrected chi connectivity index (χ0v) is 12.4. The molecule has 2 amide bonds. The molecule has 0 aromatic heterocycles. The number of carbonyl (C=O) groups is 3. The summed E-state index contributed by atoms with van der Waals surface area (Å²) in [6, 6.07) is 10.4. The Balaban J connectivity index is 1.94. The second kappa shape index (κ2) is 5.66. The van der Waals surface area contributed by atoms with E-state index in [4.69, 9.17) is 4.84 Å². The van der Waals surface area contributed by atoms with Gasteiger partial charge in [0.25, 0.3) is 11.8 Å². The lowest BCUT2D eigenvalue weighted by atomic mass is 9.95. The first kappa shape index (κ1) is 14.9. The Morgan fingerprint density at radius 2 is 1.65 bits per heavy atom. The minimum atomic E-state index is -0.663. The number of hydrogen-bond acceptors (Lipinski definition) is 5. The zero-order chi connectivity index (χ0) is 16.6. The van der Waals surface area contributed by atoms with Crippen LogP contribution in [0.5, 0.6) is 0 Å². The summed E-state index contributed by atoms with van der Waals surface area (Å²) in [6.07, 6.45) is 0. The van der Waals surface area contributed by atoms with Crippen molar-refractivity contribution in [2.24, 2.45) is 0 Å². The van der Waals surface area contributed by atoms with E-state index in [2.05, 4.69) is 11.3 Å². The van der Waals surface area contributed by atoms with E-state index < -0.39 is 17.8 Å². The van der Waals surface area contributed by atoms with Crippen molar-refractivity contribution >= 4 is 28.6 Å². The molecule has 1 aliphatic heterocycles. The number of carbonyl (C=O) groups excluding carboxylic acids is 3. The van der Waals surface area contributed by atoms with Crippen molar-refractivity contribution in [2.75, 3.05) is 13.7 Å². The molecule has 0 fully saturated rings. The van der Waals surface area contributed by atoms with E-state index in [1.807, 2.05) is 12.1 Å². The summed E-state index contributed by atoms with van der Waals surface area (Å²) in [5.41, 5.74) is 0.757. The molecular weight excluding hydrogens is 298 g/mol. The van der Waals surface area contributed by atoms with Crippen molar-refractivity contribution in [3.05, 3.63) is 59.7 Å². The summed E-state index contributed by atoms with van der Waals surface area (Å²) in [7, 11) is 1.21. The number of hydroxylamine groups is 2. The second-order valence-electron chi connectivity index (χ2n) is 4.98. The van der Waals surface area contributed by atoms with E-state index >= 15 is 0 Å². The quantitative estimate of drug-likeness (QED) is 0.491. The van der Waals surface area contributed by atoms with Gasteiger partial charge >= 0.3 is 5.97 Å². The van der Waals surface area contributed by atoms with Crippen LogP contribution in [0.1, 0.15) is 20.7 Å². The molecule has 2 aromatic rings. The minimum Gasteiger partial charge on any atom is -0.466 e. The number of imide groups is 1. The highest BCUT2D eigenvalue weighted by Crippen LogP contribution is 2.30. The number of rotatable bonds is 4. The molecule has 0 saturated carbocycles. The van der Waals surface area contributed by atoms with Crippen LogP contribution in [0.2, 0.25) is 0 Å². The number of esters is 1. The van der Waals surface area contributed by atoms with Gasteiger partial charge in [-0.1, -0.05) is 30.8 Å². The summed E-state index contributed by atoms with van der Waals surface area (Å²) in [4.78, 5) is 41.5. The van der Waals surface area contributed by atoms with Crippen LogP contribution in [0.3, 0.4) is 0 Å². The Labute approximate surface area is 131 Å². The average Bonchev–Trinajstić information content (AvgIpc) is 2.58. The van der Waals surface area contributed by atoms with Gasteiger partial charge in [0, 0.05) is 5.39 Å². The van der Waals surface area contributed by atoms with E-state index in [0.29, 0.717) is 21.6 Å². The third-order valence-corrected chi connectivity index (χ3v) is 3.58. The summed E-state index contributed by atoms with van der Waals surface area (Å²) in [5.74, 6) is -1.81. The van der Waals surface area contributed by atoms with Gasteiger partial charge in [-0.2, -0.15) is 0 Å². The van der Waals surface area contributed by atoms with Crippen LogP contribution in [-0.4, -0.2) is 36.6 Å². The summed E-state index contributed by atoms with van der Waals surface area (Å²) < 4.78 is 4.50. The van der Waals surface area contributed by atoms with E-state index in [9.17, 15) is 14.4 Å². The highest BCUT2D eigenvalue weighted by molar-refractivity contribution is 6.24. The van der Waals surface area contributed by atoms with Crippen LogP contribution < -0.4 is 0 Å². The maximum absolute atomic E-state index is 12.5. The average molecular weight is 311 g/mol. The molecule has 0 spiro atoms. The maximum Gasteiger partial charge on any atom is 0.335 e. The molecule has 0 radical (unpaired) electrons. The lowest BCUT2D eigenvalue weighted by Gasteiger charge is -2.26. The fraction of sp³-hybridized carbons (Fsp3) is 0.118. The third-order valence-electron chi connectivity index (χ3n) is 3.58. The SMILES string of the molecule is C=C(CON1C(=O)c2cccc3cccc(c23)C1=O)C(=O)OC. The van der Waals surface area contributed by atoms with Crippen molar-refractivity contribution in [3.8, 4) is 0 Å². The normalized spacial score (nSPS) is 13.3. The van der Waals surface area contributed by atoms with Crippen LogP contribution in [0.15, 0.2) is 48.6 Å². The molecule has 0 saturated heterocycles. The molecule has 2 aromatic carbocycles. The van der Waals surface area contributed by atoms with Crippen molar-refractivity contribution < 1.29 is 24.0 Å². The fourth-order valence-electron chi connectivity index (χ4n) is 2.47. The predicted octanol–water partition coefficient (Wildman–Crippen LogP) is 2.10. The molecule has 116 valence electrons. The number of nitrogens with zero attached hydrogens (tertiary/aromatic N) is 1. The lowest BCUT2D eigenvalue weighted by Crippen LogP contribution is -2.40. The van der Waals surface area contributed by atoms with Gasteiger partial charge in [-0.05, 0) is 17.5 Å². The number of amides is 2. The molecule has 0 aliphatic carbocycles. The molecule has 3 rings (SSSR count). The van der Waals surface area contributed by atoms with Crippen molar-refractivity contribution in [1.82, 2.24) is 5.06 Å². The Hall–Kier alpha value is -2.99. The Kier molecular flexibility index (Phi) is 3.67. The zero-order valence-electron chi connectivity index (χ0n) is 12.4. The van der Waals surface area contributed by atoms with Crippen molar-refractivity contribution in [3.63, 3.8) is 0 Å². The number of benzene rings is 2. The molecule has 0 N–H and O–H groups in total. The molecule has 1 aliphatic rings. The van der Waals surface area contributed by atoms with Crippen LogP contribution in [0.25, 0.3) is 10.8 Å². The smallest absolute Gasteiger partial charge is 0.335 e. The summed E-state index contributed by atoms with van der Waals surface area (Å²) >= 11 is 0. The first-order chi connectivity index (χ1) is 11.0. The standard InChI is InChI=1S/C17H13NO5/c1-10(17(21)22-2)9-23-18-15(19)12-7-3-5-11-6-4-8-13(14(11)12)16(18)20/h3-8H,1,9H2,2H3. The molecule has 0 unspecified atom stereocenters. The summed E-state index contributed by atoms with van der Waals surface area (Å²) in [6.45, 7) is 3.18. The Bertz CT molecular complexity index is 804. The number of methoxy groups -OCH3 is 1. The van der Waals surface area contributed by atoms with Gasteiger partial charge in [0.2, 0.25) is 0 Å². The van der Waals surface area contributed by atoms with E-state index in [-0.39, 0.29) is 12.2 Å². The first-order valence-electron chi connectivity index (χ1n) is 6.84. The predicted molar refractivity (Wildman–Crippen MR) is 81.6 cm³/mol. The van der Waals surface area contributed by atoms with Crippen LogP contribution in [-0.2, 0) is 14.4 Å². The fourth-order valence-corrected chi connectivity index (χ4v) is 2.47. The van der Waals surface area contributed by atoms with Crippen molar-refractivity contribution in [1.29, 1.82) is 0 Å². The molecule has 0 bridgehead atoms. The van der Waals surface area contributed by atoms with Gasteiger partial charge < -0.3 is 4.74 Å². The lowest BCUT2D eigenvalue weighted by molar-refractivity contribution is -0.139. The largest absolute Gasteiger partial charge is 0.466 e. The van der Waals surface area contributed by atoms with Gasteiger partial charge in [0.1, 0.15) is 6.61 Å². The van der Waals surface area contributed by atoms with E-state index in [1.165, 1.54) is 7.11 Å². The van der Waals surface area contributed by atoms with Gasteiger partial charge in [-0.25, -0.2) is 4.79 Å². The third kappa shape index (κ3) is 2.39. The molecule has 6 heteroatoms. The molecule has 1 heterocycles. The van der Waals surface area contributed by atoms with Gasteiger partial charge in [0.05, 0.1) is 23.8 Å². The van der Waals surface area contributed by atoms with E-state index in [0.717, 1.165) is 5.39 Å². The number of ether oxygens (including phenoxy) is 1. The highest BCUT2D eigenvalue weighted by Gasteiger charge is 2.34. The molecular formula is C17H13NO5. The highest BCUT2D eigenvalue weighted by atomic mass is 16.7. The van der Waals surface area contributed by atoms with Gasteiger partial charge in [0.15, 0.2) is 0 Å². The second-order valence-corrected chi connectivity index (χ2v) is 4.98. The molecule has 23 heavy (non-hydrogen) atoms. The minimum absolute atomic E-state index is 0.00478. The van der Waals surface area contributed by atoms with Crippen LogP contribution in [0.4, 0.5) is 0 Å². The Morgan fingerprint density at radius 3 is 2.17 bits per heavy atom. The van der Waals surface area contributed by atoms with E-state index in [1.54, 1.807) is 24.3 Å². The first-order valence-corrected chi connectivity index (χ1v) is 6.84.